The molecular weight excluding hydrogens is 262 g/mol. The Balaban J connectivity index is 2.60. The van der Waals surface area contributed by atoms with Gasteiger partial charge < -0.3 is 20.3 Å². The van der Waals surface area contributed by atoms with Crippen molar-refractivity contribution >= 4 is 11.9 Å². The average Bonchev–Trinajstić information content (AvgIpc) is 2.33. The monoisotopic (exact) mass is 281 g/mol. The van der Waals surface area contributed by atoms with Gasteiger partial charge in [-0.15, -0.1) is 0 Å². The van der Waals surface area contributed by atoms with Gasteiger partial charge >= 0.3 is 5.97 Å². The third-order valence-corrected chi connectivity index (χ3v) is 2.64. The number of hydrogen-bond donors (Lipinski definition) is 3. The summed E-state index contributed by atoms with van der Waals surface area (Å²) < 4.78 is 5.14. The zero-order valence-electron chi connectivity index (χ0n) is 11.7. The third-order valence-electron chi connectivity index (χ3n) is 2.64. The lowest BCUT2D eigenvalue weighted by Crippen LogP contribution is -2.50. The lowest BCUT2D eigenvalue weighted by atomic mass is 9.87. The Hall–Kier alpha value is -2.24. The van der Waals surface area contributed by atoms with Crippen LogP contribution in [0.25, 0.3) is 0 Å². The molecule has 0 saturated heterocycles. The summed E-state index contributed by atoms with van der Waals surface area (Å²) in [6.45, 7) is 4.79. The molecule has 110 valence electrons. The fourth-order valence-electron chi connectivity index (χ4n) is 1.57. The minimum absolute atomic E-state index is 0.0779. The zero-order chi connectivity index (χ0) is 15.3. The smallest absolute Gasteiger partial charge is 0.326 e. The summed E-state index contributed by atoms with van der Waals surface area (Å²) in [6.07, 6.45) is 0. The summed E-state index contributed by atoms with van der Waals surface area (Å²) >= 11 is 0. The lowest BCUT2D eigenvalue weighted by Gasteiger charge is -2.27. The Morgan fingerprint density at radius 2 is 1.90 bits per heavy atom. The molecule has 20 heavy (non-hydrogen) atoms. The highest BCUT2D eigenvalue weighted by atomic mass is 16.5. The summed E-state index contributed by atoms with van der Waals surface area (Å²) in [6, 6.07) is 5.22. The molecule has 0 aliphatic carbocycles. The van der Waals surface area contributed by atoms with E-state index < -0.39 is 23.3 Å². The van der Waals surface area contributed by atoms with Gasteiger partial charge in [-0.05, 0) is 17.5 Å². The van der Waals surface area contributed by atoms with E-state index in [4.69, 9.17) is 9.84 Å². The predicted molar refractivity (Wildman–Crippen MR) is 72.6 cm³/mol. The van der Waals surface area contributed by atoms with Gasteiger partial charge in [-0.1, -0.05) is 32.9 Å². The molecule has 0 radical (unpaired) electrons. The first-order valence-electron chi connectivity index (χ1n) is 6.15. The van der Waals surface area contributed by atoms with Crippen molar-refractivity contribution in [1.29, 1.82) is 0 Å². The topological polar surface area (TPSA) is 95.9 Å². The number of amides is 1. The Morgan fingerprint density at radius 3 is 2.40 bits per heavy atom. The molecule has 0 aliphatic heterocycles. The molecule has 0 fully saturated rings. The van der Waals surface area contributed by atoms with Crippen molar-refractivity contribution in [1.82, 2.24) is 5.32 Å². The maximum Gasteiger partial charge on any atom is 0.326 e. The van der Waals surface area contributed by atoms with Crippen LogP contribution in [0.15, 0.2) is 24.3 Å². The van der Waals surface area contributed by atoms with Gasteiger partial charge in [-0.2, -0.15) is 0 Å². The van der Waals surface area contributed by atoms with Crippen molar-refractivity contribution < 1.29 is 24.5 Å². The molecule has 1 rings (SSSR count). The van der Waals surface area contributed by atoms with E-state index in [1.54, 1.807) is 32.9 Å². The fraction of sp³-hybridized carbons (Fsp3) is 0.429. The quantitative estimate of drug-likeness (QED) is 0.758. The highest BCUT2D eigenvalue weighted by molar-refractivity contribution is 5.84. The Kier molecular flexibility index (Phi) is 4.96. The normalized spacial score (nSPS) is 12.6. The summed E-state index contributed by atoms with van der Waals surface area (Å²) in [5.74, 6) is -1.57. The van der Waals surface area contributed by atoms with Gasteiger partial charge in [0.25, 0.3) is 5.91 Å². The second-order valence-corrected chi connectivity index (χ2v) is 5.46. The van der Waals surface area contributed by atoms with Crippen LogP contribution >= 0.6 is 0 Å². The van der Waals surface area contributed by atoms with Gasteiger partial charge in [0, 0.05) is 0 Å². The first-order chi connectivity index (χ1) is 9.21. The Morgan fingerprint density at radius 1 is 1.30 bits per heavy atom. The van der Waals surface area contributed by atoms with Crippen molar-refractivity contribution in [2.24, 2.45) is 5.41 Å². The fourth-order valence-corrected chi connectivity index (χ4v) is 1.57. The number of aliphatic carboxylic acids is 1. The summed E-state index contributed by atoms with van der Waals surface area (Å²) in [5, 5.41) is 21.0. The van der Waals surface area contributed by atoms with Gasteiger partial charge in [0.05, 0.1) is 0 Å². The highest BCUT2D eigenvalue weighted by Gasteiger charge is 2.32. The maximum atomic E-state index is 11.7. The second kappa shape index (κ2) is 6.27. The number of carbonyl (C=O) groups is 2. The first-order valence-corrected chi connectivity index (χ1v) is 6.15. The molecule has 0 saturated carbocycles. The van der Waals surface area contributed by atoms with Gasteiger partial charge in [0.15, 0.2) is 18.1 Å². The van der Waals surface area contributed by atoms with Crippen LogP contribution in [-0.2, 0) is 9.59 Å². The number of aromatic hydroxyl groups is 1. The van der Waals surface area contributed by atoms with Gasteiger partial charge in [0.1, 0.15) is 6.04 Å². The van der Waals surface area contributed by atoms with E-state index in [1.807, 2.05) is 0 Å². The minimum Gasteiger partial charge on any atom is -0.504 e. The molecule has 0 aromatic heterocycles. The van der Waals surface area contributed by atoms with Crippen molar-refractivity contribution in [3.63, 3.8) is 0 Å². The van der Waals surface area contributed by atoms with Crippen LogP contribution in [0.3, 0.4) is 0 Å². The number of para-hydroxylation sites is 2. The molecule has 0 spiro atoms. The van der Waals surface area contributed by atoms with E-state index in [0.717, 1.165) is 0 Å². The van der Waals surface area contributed by atoms with Gasteiger partial charge in [-0.3, -0.25) is 4.79 Å². The molecule has 0 aliphatic rings. The minimum atomic E-state index is -1.10. The molecule has 1 aromatic carbocycles. The summed E-state index contributed by atoms with van der Waals surface area (Å²) in [4.78, 5) is 22.8. The molecule has 1 aromatic rings. The number of carboxylic acid groups (broad SMARTS) is 1. The molecule has 3 N–H and O–H groups in total. The molecular formula is C14H19NO5. The van der Waals surface area contributed by atoms with Crippen LogP contribution in [0.4, 0.5) is 0 Å². The highest BCUT2D eigenvalue weighted by Crippen LogP contribution is 2.24. The van der Waals surface area contributed by atoms with Crippen LogP contribution in [-0.4, -0.2) is 34.7 Å². The van der Waals surface area contributed by atoms with E-state index >= 15 is 0 Å². The Labute approximate surface area is 117 Å². The number of phenolic OH excluding ortho intramolecular Hbond substituents is 1. The molecule has 6 heteroatoms. The first kappa shape index (κ1) is 15.8. The third kappa shape index (κ3) is 4.46. The molecule has 1 atom stereocenters. The van der Waals surface area contributed by atoms with Crippen molar-refractivity contribution in [3.8, 4) is 11.5 Å². The van der Waals surface area contributed by atoms with E-state index in [0.29, 0.717) is 0 Å². The average molecular weight is 281 g/mol. The lowest BCUT2D eigenvalue weighted by molar-refractivity contribution is -0.145. The van der Waals surface area contributed by atoms with Crippen molar-refractivity contribution in [3.05, 3.63) is 24.3 Å². The SMILES string of the molecule is CC(C)(C)[C@H](NC(=O)COc1ccccc1O)C(=O)O. The van der Waals surface area contributed by atoms with Crippen molar-refractivity contribution in [2.45, 2.75) is 26.8 Å². The molecule has 6 nitrogen and oxygen atoms in total. The molecule has 0 unspecified atom stereocenters. The molecule has 1 amide bonds. The number of benzene rings is 1. The van der Waals surface area contributed by atoms with Crippen LogP contribution in [0.2, 0.25) is 0 Å². The Bertz CT molecular complexity index is 493. The number of carboxylic acids is 1. The standard InChI is InChI=1S/C14H19NO5/c1-14(2,3)12(13(18)19)15-11(17)8-20-10-7-5-4-6-9(10)16/h4-7,12,16H,8H2,1-3H3,(H,15,17)(H,18,19)/t12-/m1/s1. The predicted octanol–water partition coefficient (Wildman–Crippen LogP) is 1.39. The largest absolute Gasteiger partial charge is 0.504 e. The van der Waals surface area contributed by atoms with Crippen molar-refractivity contribution in [2.75, 3.05) is 6.61 Å². The second-order valence-electron chi connectivity index (χ2n) is 5.46. The van der Waals surface area contributed by atoms with Gasteiger partial charge in [-0.25, -0.2) is 4.79 Å². The number of nitrogens with one attached hydrogen (secondary N) is 1. The van der Waals surface area contributed by atoms with Crippen LogP contribution in [0.5, 0.6) is 11.5 Å². The van der Waals surface area contributed by atoms with E-state index in [1.165, 1.54) is 12.1 Å². The molecule has 0 heterocycles. The maximum absolute atomic E-state index is 11.7. The number of carbonyl (C=O) groups excluding carboxylic acids is 1. The number of hydrogen-bond acceptors (Lipinski definition) is 4. The van der Waals surface area contributed by atoms with Crippen LogP contribution in [0, 0.1) is 5.41 Å². The number of phenols is 1. The summed E-state index contributed by atoms with van der Waals surface area (Å²) in [5.41, 5.74) is -0.615. The van der Waals surface area contributed by atoms with E-state index in [-0.39, 0.29) is 18.1 Å². The number of ether oxygens (including phenoxy) is 1. The van der Waals surface area contributed by atoms with Crippen LogP contribution in [0.1, 0.15) is 20.8 Å². The molecule has 0 bridgehead atoms. The van der Waals surface area contributed by atoms with Gasteiger partial charge in [0.2, 0.25) is 0 Å². The van der Waals surface area contributed by atoms with Crippen LogP contribution < -0.4 is 10.1 Å². The van der Waals surface area contributed by atoms with E-state index in [9.17, 15) is 14.7 Å². The zero-order valence-corrected chi connectivity index (χ0v) is 11.7. The summed E-state index contributed by atoms with van der Waals surface area (Å²) in [7, 11) is 0. The van der Waals surface area contributed by atoms with E-state index in [2.05, 4.69) is 5.32 Å². The number of rotatable bonds is 5.